The molecule has 2 N–H and O–H groups in total. The molecule has 3 aromatic carbocycles. The van der Waals surface area contributed by atoms with Gasteiger partial charge in [-0.3, -0.25) is 19.0 Å². The number of aromatic nitrogens is 2. The zero-order valence-corrected chi connectivity index (χ0v) is 19.6. The quantitative estimate of drug-likeness (QED) is 0.395. The van der Waals surface area contributed by atoms with Gasteiger partial charge in [-0.15, -0.1) is 0 Å². The third kappa shape index (κ3) is 4.18. The lowest BCUT2D eigenvalue weighted by Gasteiger charge is -2.13. The highest BCUT2D eigenvalue weighted by Crippen LogP contribution is 2.26. The molecular weight excluding hydrogens is 460 g/mol. The number of furan rings is 1. The molecule has 5 rings (SSSR count). The number of para-hydroxylation sites is 1. The predicted molar refractivity (Wildman–Crippen MR) is 138 cm³/mol. The van der Waals surface area contributed by atoms with E-state index in [2.05, 4.69) is 10.6 Å². The van der Waals surface area contributed by atoms with Gasteiger partial charge in [-0.25, -0.2) is 9.36 Å². The highest BCUT2D eigenvalue weighted by molar-refractivity contribution is 6.03. The van der Waals surface area contributed by atoms with Gasteiger partial charge in [-0.05, 0) is 49.4 Å². The molecule has 2 amide bonds. The highest BCUT2D eigenvalue weighted by Gasteiger charge is 2.22. The van der Waals surface area contributed by atoms with Gasteiger partial charge in [0.15, 0.2) is 0 Å². The molecule has 0 aliphatic rings. The van der Waals surface area contributed by atoms with Gasteiger partial charge in [0, 0.05) is 23.7 Å². The zero-order chi connectivity index (χ0) is 25.4. The molecular formula is C27H22N4O5. The molecule has 0 atom stereocenters. The molecule has 2 aromatic heterocycles. The number of nitrogens with one attached hydrogen (secondary N) is 2. The van der Waals surface area contributed by atoms with Crippen molar-refractivity contribution in [2.75, 3.05) is 10.6 Å². The summed E-state index contributed by atoms with van der Waals surface area (Å²) in [7, 11) is 0. The summed E-state index contributed by atoms with van der Waals surface area (Å²) >= 11 is 0. The lowest BCUT2D eigenvalue weighted by Crippen LogP contribution is -2.40. The van der Waals surface area contributed by atoms with Crippen LogP contribution in [0.2, 0.25) is 0 Å². The van der Waals surface area contributed by atoms with E-state index in [9.17, 15) is 19.2 Å². The Morgan fingerprint density at radius 2 is 1.58 bits per heavy atom. The minimum absolute atomic E-state index is 0.0168. The Hall–Kier alpha value is -4.92. The van der Waals surface area contributed by atoms with Crippen LogP contribution in [0.1, 0.15) is 12.5 Å². The number of hydrogen-bond acceptors (Lipinski definition) is 5. The summed E-state index contributed by atoms with van der Waals surface area (Å²) in [5, 5.41) is 5.96. The van der Waals surface area contributed by atoms with Crippen molar-refractivity contribution in [1.29, 1.82) is 0 Å². The van der Waals surface area contributed by atoms with Gasteiger partial charge < -0.3 is 15.1 Å². The Balaban J connectivity index is 1.63. The normalized spacial score (nSPS) is 11.1. The monoisotopic (exact) mass is 482 g/mol. The van der Waals surface area contributed by atoms with Crippen LogP contribution in [0.15, 0.2) is 86.8 Å². The average molecular weight is 482 g/mol. The number of carbonyl (C=O) groups excluding carboxylic acids is 2. The second-order valence-corrected chi connectivity index (χ2v) is 8.43. The second-order valence-electron chi connectivity index (χ2n) is 8.43. The molecule has 5 aromatic rings. The Labute approximate surface area is 204 Å². The van der Waals surface area contributed by atoms with E-state index in [1.807, 2.05) is 6.92 Å². The molecule has 0 aliphatic heterocycles. The molecule has 180 valence electrons. The highest BCUT2D eigenvalue weighted by atomic mass is 16.3. The van der Waals surface area contributed by atoms with Crippen LogP contribution in [-0.4, -0.2) is 20.9 Å². The van der Waals surface area contributed by atoms with E-state index in [1.165, 1.54) is 11.5 Å². The summed E-state index contributed by atoms with van der Waals surface area (Å²) in [6.07, 6.45) is 0. The van der Waals surface area contributed by atoms with E-state index in [4.69, 9.17) is 4.42 Å². The van der Waals surface area contributed by atoms with Crippen LogP contribution in [0, 0.1) is 6.92 Å². The first-order valence-electron chi connectivity index (χ1n) is 11.2. The number of aryl methyl sites for hydroxylation is 1. The van der Waals surface area contributed by atoms with Crippen LogP contribution < -0.4 is 21.9 Å². The van der Waals surface area contributed by atoms with Crippen molar-refractivity contribution >= 4 is 45.3 Å². The Kier molecular flexibility index (Phi) is 5.73. The Bertz CT molecular complexity index is 1760. The van der Waals surface area contributed by atoms with Gasteiger partial charge in [-0.2, -0.15) is 0 Å². The summed E-state index contributed by atoms with van der Waals surface area (Å²) in [5.74, 6) is -0.726. The molecule has 0 radical (unpaired) electrons. The second kappa shape index (κ2) is 9.03. The first-order chi connectivity index (χ1) is 17.3. The standard InChI is InChI=1S/C27H22N4O5/c1-16-10-12-20(13-11-16)31-26(34)25-24(21-8-3-4-9-22(21)36-25)30(27(31)35)15-23(33)29-19-7-5-6-18(14-19)28-17(2)32/h3-14H,15H2,1-2H3,(H,28,32)(H,29,33). The fourth-order valence-electron chi connectivity index (χ4n) is 4.14. The Morgan fingerprint density at radius 1 is 0.889 bits per heavy atom. The van der Waals surface area contributed by atoms with E-state index in [0.29, 0.717) is 28.0 Å². The minimum Gasteiger partial charge on any atom is -0.449 e. The SMILES string of the molecule is CC(=O)Nc1cccc(NC(=O)Cn2c(=O)n(-c3ccc(C)cc3)c(=O)c3oc4ccccc4c32)c1. The van der Waals surface area contributed by atoms with Gasteiger partial charge in [0.05, 0.1) is 5.69 Å². The number of benzene rings is 3. The smallest absolute Gasteiger partial charge is 0.336 e. The van der Waals surface area contributed by atoms with E-state index in [0.717, 1.165) is 10.1 Å². The van der Waals surface area contributed by atoms with Gasteiger partial charge in [0.1, 0.15) is 17.6 Å². The maximum Gasteiger partial charge on any atom is 0.336 e. The molecule has 0 unspecified atom stereocenters. The molecule has 36 heavy (non-hydrogen) atoms. The summed E-state index contributed by atoms with van der Waals surface area (Å²) < 4.78 is 8.11. The van der Waals surface area contributed by atoms with Gasteiger partial charge in [0.25, 0.3) is 0 Å². The van der Waals surface area contributed by atoms with Crippen LogP contribution in [0.25, 0.3) is 27.8 Å². The van der Waals surface area contributed by atoms with Crippen molar-refractivity contribution in [3.63, 3.8) is 0 Å². The number of anilines is 2. The first-order valence-corrected chi connectivity index (χ1v) is 11.2. The molecule has 0 spiro atoms. The molecule has 2 heterocycles. The summed E-state index contributed by atoms with van der Waals surface area (Å²) in [4.78, 5) is 51.5. The lowest BCUT2D eigenvalue weighted by molar-refractivity contribution is -0.117. The molecule has 0 saturated carbocycles. The van der Waals surface area contributed by atoms with Crippen molar-refractivity contribution in [3.05, 3.63) is 99.2 Å². The van der Waals surface area contributed by atoms with Crippen LogP contribution >= 0.6 is 0 Å². The number of fused-ring (bicyclic) bond motifs is 3. The largest absolute Gasteiger partial charge is 0.449 e. The minimum atomic E-state index is -0.662. The maximum absolute atomic E-state index is 13.7. The van der Waals surface area contributed by atoms with Crippen LogP contribution in [0.4, 0.5) is 11.4 Å². The number of rotatable bonds is 5. The molecule has 0 fully saturated rings. The number of amides is 2. The molecule has 0 saturated heterocycles. The summed E-state index contributed by atoms with van der Waals surface area (Å²) in [6.45, 7) is 2.93. The van der Waals surface area contributed by atoms with E-state index < -0.39 is 17.2 Å². The molecule has 0 bridgehead atoms. The van der Waals surface area contributed by atoms with Gasteiger partial charge >= 0.3 is 11.2 Å². The van der Waals surface area contributed by atoms with Crippen molar-refractivity contribution in [3.8, 4) is 5.69 Å². The third-order valence-corrected chi connectivity index (χ3v) is 5.72. The zero-order valence-electron chi connectivity index (χ0n) is 19.6. The van der Waals surface area contributed by atoms with Crippen molar-refractivity contribution < 1.29 is 14.0 Å². The maximum atomic E-state index is 13.7. The van der Waals surface area contributed by atoms with Crippen molar-refractivity contribution in [1.82, 2.24) is 9.13 Å². The lowest BCUT2D eigenvalue weighted by atomic mass is 10.2. The molecule has 0 aliphatic carbocycles. The predicted octanol–water partition coefficient (Wildman–Crippen LogP) is 3.80. The van der Waals surface area contributed by atoms with Crippen molar-refractivity contribution in [2.24, 2.45) is 0 Å². The van der Waals surface area contributed by atoms with Gasteiger partial charge in [0.2, 0.25) is 17.4 Å². The fourth-order valence-corrected chi connectivity index (χ4v) is 4.14. The molecule has 9 heteroatoms. The third-order valence-electron chi connectivity index (χ3n) is 5.72. The van der Waals surface area contributed by atoms with E-state index in [-0.39, 0.29) is 23.6 Å². The number of carbonyl (C=O) groups is 2. The van der Waals surface area contributed by atoms with Gasteiger partial charge in [-0.1, -0.05) is 35.9 Å². The first kappa shape index (κ1) is 22.9. The summed E-state index contributed by atoms with van der Waals surface area (Å²) in [6, 6.07) is 20.6. The average Bonchev–Trinajstić information content (AvgIpc) is 3.23. The van der Waals surface area contributed by atoms with Crippen molar-refractivity contribution in [2.45, 2.75) is 20.4 Å². The Morgan fingerprint density at radius 3 is 2.31 bits per heavy atom. The van der Waals surface area contributed by atoms with E-state index in [1.54, 1.807) is 72.8 Å². The number of hydrogen-bond donors (Lipinski definition) is 2. The topological polar surface area (TPSA) is 115 Å². The van der Waals surface area contributed by atoms with Crippen LogP contribution in [0.3, 0.4) is 0 Å². The van der Waals surface area contributed by atoms with Crippen LogP contribution in [-0.2, 0) is 16.1 Å². The van der Waals surface area contributed by atoms with Crippen LogP contribution in [0.5, 0.6) is 0 Å². The molecule has 9 nitrogen and oxygen atoms in total. The number of nitrogens with zero attached hydrogens (tertiary/aromatic N) is 2. The fraction of sp³-hybridized carbons (Fsp3) is 0.111. The summed E-state index contributed by atoms with van der Waals surface area (Å²) in [5.41, 5.74) is 1.71. The van der Waals surface area contributed by atoms with E-state index >= 15 is 0 Å².